The summed E-state index contributed by atoms with van der Waals surface area (Å²) in [6.45, 7) is 5.31. The van der Waals surface area contributed by atoms with Crippen LogP contribution >= 0.6 is 0 Å². The lowest BCUT2D eigenvalue weighted by atomic mass is 9.75. The van der Waals surface area contributed by atoms with Crippen LogP contribution in [0, 0.1) is 12.3 Å². The molecule has 0 radical (unpaired) electrons. The van der Waals surface area contributed by atoms with Crippen molar-refractivity contribution in [2.45, 2.75) is 39.5 Å². The average Bonchev–Trinajstić information content (AvgIpc) is 2.28. The highest BCUT2D eigenvalue weighted by molar-refractivity contribution is 5.80. The Morgan fingerprint density at radius 2 is 1.94 bits per heavy atom. The molecule has 18 heavy (non-hydrogen) atoms. The predicted molar refractivity (Wildman–Crippen MR) is 76.0 cm³/mol. The topological polar surface area (TPSA) is 20.3 Å². The van der Waals surface area contributed by atoms with Crippen molar-refractivity contribution >= 4 is 11.5 Å². The minimum absolute atomic E-state index is 0.148. The molecule has 1 saturated carbocycles. The van der Waals surface area contributed by atoms with E-state index in [-0.39, 0.29) is 5.41 Å². The maximum atomic E-state index is 11.6. The molecule has 0 amide bonds. The third kappa shape index (κ3) is 3.12. The second kappa shape index (κ2) is 5.13. The molecule has 0 aromatic heterocycles. The van der Waals surface area contributed by atoms with Gasteiger partial charge in [-0.15, -0.1) is 0 Å². The third-order valence-electron chi connectivity index (χ3n) is 3.95. The second-order valence-corrected chi connectivity index (χ2v) is 6.07. The highest BCUT2D eigenvalue weighted by atomic mass is 16.1. The molecule has 1 atom stereocenters. The van der Waals surface area contributed by atoms with Crippen molar-refractivity contribution in [2.24, 2.45) is 5.41 Å². The lowest BCUT2D eigenvalue weighted by molar-refractivity contribution is -0.123. The Balaban J connectivity index is 2.04. The van der Waals surface area contributed by atoms with E-state index in [1.807, 2.05) is 0 Å². The number of carbonyl (C=O) groups excluding carboxylic acids is 1. The van der Waals surface area contributed by atoms with Gasteiger partial charge in [-0.3, -0.25) is 4.79 Å². The van der Waals surface area contributed by atoms with Crippen molar-refractivity contribution in [1.29, 1.82) is 0 Å². The Morgan fingerprint density at radius 1 is 1.28 bits per heavy atom. The van der Waals surface area contributed by atoms with Crippen LogP contribution in [0.2, 0.25) is 0 Å². The van der Waals surface area contributed by atoms with E-state index in [2.05, 4.69) is 50.1 Å². The first-order valence-corrected chi connectivity index (χ1v) is 6.78. The monoisotopic (exact) mass is 245 g/mol. The summed E-state index contributed by atoms with van der Waals surface area (Å²) in [4.78, 5) is 13.9. The SMILES string of the molecule is Cc1ccc(N(C)C[C@@]2(C)CCCC(=O)C2)cc1. The van der Waals surface area contributed by atoms with Crippen molar-refractivity contribution in [2.75, 3.05) is 18.5 Å². The van der Waals surface area contributed by atoms with Gasteiger partial charge in [0.1, 0.15) is 5.78 Å². The van der Waals surface area contributed by atoms with Gasteiger partial charge >= 0.3 is 0 Å². The van der Waals surface area contributed by atoms with E-state index in [0.29, 0.717) is 5.78 Å². The van der Waals surface area contributed by atoms with Gasteiger partial charge in [0.15, 0.2) is 0 Å². The predicted octanol–water partition coefficient (Wildman–Crippen LogP) is 3.58. The number of Topliss-reactive ketones (excluding diaryl/α,β-unsaturated/α-hetero) is 1. The molecular formula is C16H23NO. The molecule has 2 heteroatoms. The van der Waals surface area contributed by atoms with Gasteiger partial charge in [0.25, 0.3) is 0 Å². The smallest absolute Gasteiger partial charge is 0.133 e. The number of aryl methyl sites for hydroxylation is 1. The molecule has 2 nitrogen and oxygen atoms in total. The summed E-state index contributed by atoms with van der Waals surface area (Å²) < 4.78 is 0. The zero-order valence-electron chi connectivity index (χ0n) is 11.7. The van der Waals surface area contributed by atoms with Gasteiger partial charge in [0, 0.05) is 32.1 Å². The van der Waals surface area contributed by atoms with Crippen LogP contribution in [0.15, 0.2) is 24.3 Å². The third-order valence-corrected chi connectivity index (χ3v) is 3.95. The van der Waals surface area contributed by atoms with Gasteiger partial charge in [-0.1, -0.05) is 24.6 Å². The fourth-order valence-corrected chi connectivity index (χ4v) is 2.96. The number of hydrogen-bond donors (Lipinski definition) is 0. The minimum Gasteiger partial charge on any atom is -0.374 e. The number of anilines is 1. The van der Waals surface area contributed by atoms with Crippen molar-refractivity contribution in [3.8, 4) is 0 Å². The van der Waals surface area contributed by atoms with Crippen LogP contribution in [-0.4, -0.2) is 19.4 Å². The molecule has 1 aromatic rings. The van der Waals surface area contributed by atoms with Gasteiger partial charge in [-0.2, -0.15) is 0 Å². The normalized spacial score (nSPS) is 24.1. The number of rotatable bonds is 3. The Labute approximate surface area is 110 Å². The van der Waals surface area contributed by atoms with E-state index in [4.69, 9.17) is 0 Å². The summed E-state index contributed by atoms with van der Waals surface area (Å²) in [7, 11) is 2.12. The van der Waals surface area contributed by atoms with Gasteiger partial charge in [0.05, 0.1) is 0 Å². The molecule has 0 bridgehead atoms. The molecule has 1 aliphatic rings. The Bertz CT molecular complexity index is 423. The molecule has 0 saturated heterocycles. The van der Waals surface area contributed by atoms with Gasteiger partial charge < -0.3 is 4.90 Å². The highest BCUT2D eigenvalue weighted by Gasteiger charge is 2.32. The molecule has 0 spiro atoms. The quantitative estimate of drug-likeness (QED) is 0.811. The number of hydrogen-bond acceptors (Lipinski definition) is 2. The maximum Gasteiger partial charge on any atom is 0.133 e. The number of nitrogens with zero attached hydrogens (tertiary/aromatic N) is 1. The first-order chi connectivity index (χ1) is 8.48. The van der Waals surface area contributed by atoms with Crippen LogP contribution in [-0.2, 0) is 4.79 Å². The van der Waals surface area contributed by atoms with E-state index >= 15 is 0 Å². The van der Waals surface area contributed by atoms with Gasteiger partial charge in [-0.05, 0) is 37.3 Å². The fraction of sp³-hybridized carbons (Fsp3) is 0.562. The molecule has 0 heterocycles. The Morgan fingerprint density at radius 3 is 2.56 bits per heavy atom. The van der Waals surface area contributed by atoms with Crippen LogP contribution in [0.4, 0.5) is 5.69 Å². The lowest BCUT2D eigenvalue weighted by Gasteiger charge is -2.37. The van der Waals surface area contributed by atoms with Crippen LogP contribution in [0.25, 0.3) is 0 Å². The molecule has 1 fully saturated rings. The standard InChI is InChI=1S/C16H23NO/c1-13-6-8-14(9-7-13)17(3)12-16(2)10-4-5-15(18)11-16/h6-9H,4-5,10-12H2,1-3H3/t16-/m0/s1. The van der Waals surface area contributed by atoms with E-state index < -0.39 is 0 Å². The lowest BCUT2D eigenvalue weighted by Crippen LogP contribution is -2.37. The van der Waals surface area contributed by atoms with Crippen molar-refractivity contribution in [3.63, 3.8) is 0 Å². The first kappa shape index (κ1) is 13.1. The fourth-order valence-electron chi connectivity index (χ4n) is 2.96. The zero-order chi connectivity index (χ0) is 13.2. The summed E-state index contributed by atoms with van der Waals surface area (Å²) in [5.41, 5.74) is 2.67. The average molecular weight is 245 g/mol. The van der Waals surface area contributed by atoms with Crippen LogP contribution in [0.5, 0.6) is 0 Å². The Hall–Kier alpha value is -1.31. The highest BCUT2D eigenvalue weighted by Crippen LogP contribution is 2.35. The van der Waals surface area contributed by atoms with Crippen LogP contribution < -0.4 is 4.90 Å². The molecule has 2 rings (SSSR count). The minimum atomic E-state index is 0.148. The van der Waals surface area contributed by atoms with E-state index in [9.17, 15) is 4.79 Å². The Kier molecular flexibility index (Phi) is 3.74. The molecule has 98 valence electrons. The maximum absolute atomic E-state index is 11.6. The summed E-state index contributed by atoms with van der Waals surface area (Å²) in [5.74, 6) is 0.432. The molecule has 1 aromatic carbocycles. The summed E-state index contributed by atoms with van der Waals surface area (Å²) in [5, 5.41) is 0. The van der Waals surface area contributed by atoms with Crippen molar-refractivity contribution in [1.82, 2.24) is 0 Å². The van der Waals surface area contributed by atoms with Crippen molar-refractivity contribution in [3.05, 3.63) is 29.8 Å². The second-order valence-electron chi connectivity index (χ2n) is 6.07. The van der Waals surface area contributed by atoms with E-state index in [1.165, 1.54) is 11.3 Å². The number of carbonyl (C=O) groups is 1. The zero-order valence-corrected chi connectivity index (χ0v) is 11.7. The largest absolute Gasteiger partial charge is 0.374 e. The van der Waals surface area contributed by atoms with E-state index in [0.717, 1.165) is 32.2 Å². The van der Waals surface area contributed by atoms with Gasteiger partial charge in [-0.25, -0.2) is 0 Å². The molecular weight excluding hydrogens is 222 g/mol. The van der Waals surface area contributed by atoms with Crippen LogP contribution in [0.3, 0.4) is 0 Å². The van der Waals surface area contributed by atoms with Gasteiger partial charge in [0.2, 0.25) is 0 Å². The first-order valence-electron chi connectivity index (χ1n) is 6.78. The molecule has 0 N–H and O–H groups in total. The number of ketones is 1. The van der Waals surface area contributed by atoms with E-state index in [1.54, 1.807) is 0 Å². The summed E-state index contributed by atoms with van der Waals surface area (Å²) in [6.07, 6.45) is 3.74. The molecule has 0 unspecified atom stereocenters. The van der Waals surface area contributed by atoms with Crippen molar-refractivity contribution < 1.29 is 4.79 Å². The summed E-state index contributed by atoms with van der Waals surface area (Å²) in [6, 6.07) is 8.59. The molecule has 1 aliphatic carbocycles. The molecule has 0 aliphatic heterocycles. The number of benzene rings is 1. The van der Waals surface area contributed by atoms with Crippen LogP contribution in [0.1, 0.15) is 38.2 Å². The summed E-state index contributed by atoms with van der Waals surface area (Å²) >= 11 is 0.